The Morgan fingerprint density at radius 1 is 1.13 bits per heavy atom. The molecule has 0 bridgehead atoms. The van der Waals surface area contributed by atoms with Crippen LogP contribution in [0, 0.1) is 12.8 Å². The molecule has 6 rings (SSSR count). The van der Waals surface area contributed by atoms with Crippen LogP contribution in [-0.4, -0.2) is 68.9 Å². The zero-order valence-electron chi connectivity index (χ0n) is 22.1. The number of pyridine rings is 1. The molecular weight excluding hydrogens is 492 g/mol. The Morgan fingerprint density at radius 2 is 1.92 bits per heavy atom. The van der Waals surface area contributed by atoms with Crippen LogP contribution >= 0.6 is 0 Å². The maximum absolute atomic E-state index is 12.1. The average Bonchev–Trinajstić information content (AvgIpc) is 3.47. The average molecular weight is 523 g/mol. The highest BCUT2D eigenvalue weighted by molar-refractivity contribution is 6.08. The Bertz CT molecular complexity index is 1530. The van der Waals surface area contributed by atoms with Crippen LogP contribution in [-0.2, 0) is 4.79 Å². The summed E-state index contributed by atoms with van der Waals surface area (Å²) in [5.74, 6) is 1.61. The minimum atomic E-state index is -0.194. The number of hydrogen-bond acceptors (Lipinski definition) is 8. The van der Waals surface area contributed by atoms with E-state index in [9.17, 15) is 4.79 Å². The number of hydrogen-bond donors (Lipinski definition) is 1. The van der Waals surface area contributed by atoms with E-state index in [0.29, 0.717) is 30.6 Å². The van der Waals surface area contributed by atoms with Crippen molar-refractivity contribution in [1.82, 2.24) is 24.6 Å². The molecule has 10 heteroatoms. The lowest BCUT2D eigenvalue weighted by Crippen LogP contribution is -2.50. The van der Waals surface area contributed by atoms with Crippen molar-refractivity contribution in [3.63, 3.8) is 0 Å². The molecule has 3 aromatic rings. The number of ether oxygens (including phenoxy) is 1. The summed E-state index contributed by atoms with van der Waals surface area (Å²) in [7, 11) is 2.02. The molecule has 2 atom stereocenters. The van der Waals surface area contributed by atoms with Crippen molar-refractivity contribution < 1.29 is 9.53 Å². The number of allylic oxidation sites excluding steroid dienone is 1. The van der Waals surface area contributed by atoms with Crippen LogP contribution in [0.1, 0.15) is 29.8 Å². The van der Waals surface area contributed by atoms with Gasteiger partial charge in [-0.15, -0.1) is 0 Å². The first-order chi connectivity index (χ1) is 18.9. The Hall–Kier alpha value is -4.73. The van der Waals surface area contributed by atoms with E-state index >= 15 is 0 Å². The quantitative estimate of drug-likeness (QED) is 0.496. The number of aromatic nitrogens is 3. The van der Waals surface area contributed by atoms with Gasteiger partial charge in [0.25, 0.3) is 0 Å². The second kappa shape index (κ2) is 9.86. The third kappa shape index (κ3) is 4.47. The number of carbonyl (C=O) groups excluding carboxylic acids is 1. The SMILES string of the molecule is C/C=C/C(=O)N1CC(n2cc(C3=C(c4ccc(Oc5cccc(C)n5)cc4)C4C(N)=NC=NC4N3C)cn2)C1. The second-order valence-corrected chi connectivity index (χ2v) is 9.93. The topological polar surface area (TPSA) is 114 Å². The summed E-state index contributed by atoms with van der Waals surface area (Å²) in [6.45, 7) is 5.05. The molecule has 1 aromatic carbocycles. The Balaban J connectivity index is 1.32. The van der Waals surface area contributed by atoms with Gasteiger partial charge in [0.15, 0.2) is 0 Å². The smallest absolute Gasteiger partial charge is 0.246 e. The van der Waals surface area contributed by atoms with E-state index in [0.717, 1.165) is 28.1 Å². The van der Waals surface area contributed by atoms with Gasteiger partial charge >= 0.3 is 0 Å². The van der Waals surface area contributed by atoms with Gasteiger partial charge in [0.1, 0.15) is 24.1 Å². The number of fused-ring (bicyclic) bond motifs is 1. The molecule has 198 valence electrons. The van der Waals surface area contributed by atoms with Gasteiger partial charge in [-0.1, -0.05) is 24.3 Å². The van der Waals surface area contributed by atoms with Crippen LogP contribution < -0.4 is 10.5 Å². The molecule has 1 amide bonds. The molecular formula is C29H30N8O2. The minimum absolute atomic E-state index is 0.0314. The molecule has 2 unspecified atom stereocenters. The number of likely N-dealkylation sites (tertiary alicyclic amines) is 1. The predicted molar refractivity (Wildman–Crippen MR) is 150 cm³/mol. The summed E-state index contributed by atoms with van der Waals surface area (Å²) in [6.07, 6.45) is 8.62. The molecule has 0 aliphatic carbocycles. The third-order valence-corrected chi connectivity index (χ3v) is 7.34. The van der Waals surface area contributed by atoms with Crippen LogP contribution in [0.3, 0.4) is 0 Å². The van der Waals surface area contributed by atoms with E-state index in [4.69, 9.17) is 10.5 Å². The molecule has 3 aliphatic heterocycles. The number of aliphatic imine (C=N–C) groups is 2. The van der Waals surface area contributed by atoms with Gasteiger partial charge < -0.3 is 20.3 Å². The molecule has 5 heterocycles. The van der Waals surface area contributed by atoms with Crippen LogP contribution in [0.15, 0.2) is 77.0 Å². The Kier molecular flexibility index (Phi) is 6.22. The van der Waals surface area contributed by atoms with Crippen molar-refractivity contribution in [2.75, 3.05) is 20.1 Å². The van der Waals surface area contributed by atoms with Gasteiger partial charge in [-0.2, -0.15) is 5.10 Å². The fourth-order valence-corrected chi connectivity index (χ4v) is 5.36. The number of amidine groups is 1. The van der Waals surface area contributed by atoms with Crippen molar-refractivity contribution in [2.24, 2.45) is 21.6 Å². The maximum atomic E-state index is 12.1. The molecule has 0 saturated carbocycles. The molecule has 0 radical (unpaired) electrons. The number of rotatable bonds is 6. The number of amides is 1. The van der Waals surface area contributed by atoms with Gasteiger partial charge in [0, 0.05) is 43.7 Å². The normalized spacial score (nSPS) is 20.8. The fraction of sp³-hybridized carbons (Fsp3) is 0.276. The lowest BCUT2D eigenvalue weighted by atomic mass is 9.89. The van der Waals surface area contributed by atoms with Gasteiger partial charge in [-0.3, -0.25) is 9.48 Å². The lowest BCUT2D eigenvalue weighted by Gasteiger charge is -2.38. The standard InChI is InChI=1S/C29H30N8O2/c1-4-6-24(38)36-15-21(16-36)37-14-20(13-33-37)27-25(26-28(30)31-17-32-29(26)35(27)3)19-9-11-22(12-10-19)39-23-8-5-7-18(2)34-23/h4-14,17,21,26,29H,15-16H2,1-3H3,(H2,30,31,32)/b6-4+. The van der Waals surface area contributed by atoms with Crippen LogP contribution in [0.5, 0.6) is 11.6 Å². The van der Waals surface area contributed by atoms with Crippen LogP contribution in [0.25, 0.3) is 11.3 Å². The summed E-state index contributed by atoms with van der Waals surface area (Å²) >= 11 is 0. The molecule has 1 saturated heterocycles. The number of carbonyl (C=O) groups is 1. The van der Waals surface area contributed by atoms with Crippen molar-refractivity contribution >= 4 is 29.4 Å². The second-order valence-electron chi connectivity index (χ2n) is 9.93. The summed E-state index contributed by atoms with van der Waals surface area (Å²) in [5, 5.41) is 4.66. The first kappa shape index (κ1) is 24.6. The molecule has 39 heavy (non-hydrogen) atoms. The van der Waals surface area contributed by atoms with E-state index < -0.39 is 0 Å². The lowest BCUT2D eigenvalue weighted by molar-refractivity contribution is -0.131. The summed E-state index contributed by atoms with van der Waals surface area (Å²) in [4.78, 5) is 29.5. The number of benzene rings is 1. The van der Waals surface area contributed by atoms with E-state index in [1.54, 1.807) is 12.2 Å². The van der Waals surface area contributed by atoms with Crippen molar-refractivity contribution in [3.05, 3.63) is 83.8 Å². The van der Waals surface area contributed by atoms with Crippen molar-refractivity contribution in [1.29, 1.82) is 0 Å². The molecule has 1 fully saturated rings. The first-order valence-electron chi connectivity index (χ1n) is 12.9. The molecule has 2 N–H and O–H groups in total. The monoisotopic (exact) mass is 522 g/mol. The van der Waals surface area contributed by atoms with Crippen molar-refractivity contribution in [3.8, 4) is 11.6 Å². The maximum Gasteiger partial charge on any atom is 0.246 e. The van der Waals surface area contributed by atoms with Crippen LogP contribution in [0.2, 0.25) is 0 Å². The number of nitrogens with two attached hydrogens (primary N) is 1. The Labute approximate surface area is 226 Å². The molecule has 0 spiro atoms. The van der Waals surface area contributed by atoms with Gasteiger partial charge in [0.05, 0.1) is 23.9 Å². The van der Waals surface area contributed by atoms with E-state index in [1.165, 1.54) is 6.34 Å². The van der Waals surface area contributed by atoms with E-state index in [1.807, 2.05) is 85.3 Å². The Morgan fingerprint density at radius 3 is 2.67 bits per heavy atom. The molecule has 2 aromatic heterocycles. The minimum Gasteiger partial charge on any atom is -0.439 e. The number of nitrogens with zero attached hydrogens (tertiary/aromatic N) is 7. The zero-order chi connectivity index (χ0) is 27.1. The van der Waals surface area contributed by atoms with E-state index in [-0.39, 0.29) is 24.0 Å². The fourth-order valence-electron chi connectivity index (χ4n) is 5.36. The highest BCUT2D eigenvalue weighted by Gasteiger charge is 2.43. The highest BCUT2D eigenvalue weighted by Crippen LogP contribution is 2.46. The summed E-state index contributed by atoms with van der Waals surface area (Å²) in [5.41, 5.74) is 11.4. The summed E-state index contributed by atoms with van der Waals surface area (Å²) in [6, 6.07) is 13.8. The molecule has 10 nitrogen and oxygen atoms in total. The van der Waals surface area contributed by atoms with Crippen LogP contribution in [0.4, 0.5) is 0 Å². The predicted octanol–water partition coefficient (Wildman–Crippen LogP) is 3.49. The van der Waals surface area contributed by atoms with E-state index in [2.05, 4.69) is 25.0 Å². The van der Waals surface area contributed by atoms with Gasteiger partial charge in [-0.25, -0.2) is 15.0 Å². The first-order valence-corrected chi connectivity index (χ1v) is 12.9. The largest absolute Gasteiger partial charge is 0.439 e. The molecule has 3 aliphatic rings. The number of aryl methyl sites for hydroxylation is 1. The van der Waals surface area contributed by atoms with Gasteiger partial charge in [-0.05, 0) is 49.3 Å². The summed E-state index contributed by atoms with van der Waals surface area (Å²) < 4.78 is 7.92. The highest BCUT2D eigenvalue weighted by atomic mass is 16.5. The zero-order valence-corrected chi connectivity index (χ0v) is 22.1. The van der Waals surface area contributed by atoms with Gasteiger partial charge in [0.2, 0.25) is 11.8 Å². The third-order valence-electron chi connectivity index (χ3n) is 7.34. The van der Waals surface area contributed by atoms with Crippen molar-refractivity contribution in [2.45, 2.75) is 26.1 Å².